The second-order valence-corrected chi connectivity index (χ2v) is 6.88. The van der Waals surface area contributed by atoms with Crippen LogP contribution in [0.3, 0.4) is 0 Å². The maximum Gasteiger partial charge on any atom is 0.0408 e. The molecule has 1 aliphatic heterocycles. The van der Waals surface area contributed by atoms with Gasteiger partial charge in [0.15, 0.2) is 0 Å². The van der Waals surface area contributed by atoms with E-state index in [-0.39, 0.29) is 0 Å². The molecule has 1 N–H and O–H groups in total. The predicted molar refractivity (Wildman–Crippen MR) is 81.7 cm³/mol. The summed E-state index contributed by atoms with van der Waals surface area (Å²) in [6.45, 7) is 4.77. The average molecular weight is 278 g/mol. The van der Waals surface area contributed by atoms with Crippen molar-refractivity contribution in [1.82, 2.24) is 5.32 Å². The summed E-state index contributed by atoms with van der Waals surface area (Å²) < 4.78 is 0. The van der Waals surface area contributed by atoms with Crippen molar-refractivity contribution in [2.24, 2.45) is 11.3 Å². The predicted octanol–water partition coefficient (Wildman–Crippen LogP) is 4.61. The van der Waals surface area contributed by atoms with E-state index in [1.807, 2.05) is 6.07 Å². The van der Waals surface area contributed by atoms with Crippen LogP contribution in [-0.2, 0) is 0 Å². The second-order valence-electron chi connectivity index (χ2n) is 6.44. The first-order valence-electron chi connectivity index (χ1n) is 7.68. The molecule has 1 nitrogen and oxygen atoms in total. The van der Waals surface area contributed by atoms with Crippen LogP contribution in [0.15, 0.2) is 24.3 Å². The van der Waals surface area contributed by atoms with Gasteiger partial charge in [-0.25, -0.2) is 0 Å². The van der Waals surface area contributed by atoms with E-state index in [4.69, 9.17) is 11.6 Å². The number of hydrogen-bond donors (Lipinski definition) is 1. The molecular formula is C17H24ClN. The molecule has 0 bridgehead atoms. The van der Waals surface area contributed by atoms with E-state index in [0.717, 1.165) is 17.5 Å². The van der Waals surface area contributed by atoms with Crippen LogP contribution in [0.1, 0.15) is 50.5 Å². The Kier molecular flexibility index (Phi) is 3.86. The van der Waals surface area contributed by atoms with Crippen molar-refractivity contribution in [3.8, 4) is 0 Å². The zero-order valence-corrected chi connectivity index (χ0v) is 12.5. The third kappa shape index (κ3) is 2.43. The lowest BCUT2D eigenvalue weighted by Crippen LogP contribution is -2.48. The van der Waals surface area contributed by atoms with E-state index >= 15 is 0 Å². The smallest absolute Gasteiger partial charge is 0.0408 e. The molecule has 104 valence electrons. The molecule has 3 rings (SSSR count). The molecule has 0 aromatic heterocycles. The number of rotatable bonds is 1. The van der Waals surface area contributed by atoms with E-state index in [1.165, 1.54) is 44.2 Å². The van der Waals surface area contributed by atoms with Gasteiger partial charge in [-0.1, -0.05) is 49.9 Å². The Morgan fingerprint density at radius 1 is 1.26 bits per heavy atom. The van der Waals surface area contributed by atoms with Gasteiger partial charge in [0, 0.05) is 17.5 Å². The summed E-state index contributed by atoms with van der Waals surface area (Å²) in [7, 11) is 0. The minimum atomic E-state index is 0.508. The maximum absolute atomic E-state index is 6.21. The second kappa shape index (κ2) is 5.46. The Balaban J connectivity index is 1.96. The van der Waals surface area contributed by atoms with Crippen LogP contribution < -0.4 is 5.32 Å². The van der Waals surface area contributed by atoms with E-state index in [9.17, 15) is 0 Å². The molecule has 1 aromatic carbocycles. The Morgan fingerprint density at radius 3 is 2.95 bits per heavy atom. The fraction of sp³-hybridized carbons (Fsp3) is 0.647. The molecule has 2 heteroatoms. The monoisotopic (exact) mass is 277 g/mol. The molecule has 1 heterocycles. The van der Waals surface area contributed by atoms with Gasteiger partial charge >= 0.3 is 0 Å². The summed E-state index contributed by atoms with van der Waals surface area (Å²) in [6, 6.07) is 8.54. The normalized spacial score (nSPS) is 35.5. The molecule has 0 radical (unpaired) electrons. The van der Waals surface area contributed by atoms with Crippen LogP contribution in [0, 0.1) is 11.3 Å². The van der Waals surface area contributed by atoms with Crippen molar-refractivity contribution in [1.29, 1.82) is 0 Å². The minimum absolute atomic E-state index is 0.508. The SMILES string of the molecule is CC1CCCCC12CCNCC2c1cccc(Cl)c1. The number of benzene rings is 1. The molecule has 1 saturated carbocycles. The van der Waals surface area contributed by atoms with Crippen molar-refractivity contribution in [2.75, 3.05) is 13.1 Å². The lowest BCUT2D eigenvalue weighted by Gasteiger charge is -2.51. The fourth-order valence-electron chi connectivity index (χ4n) is 4.45. The van der Waals surface area contributed by atoms with Crippen LogP contribution in [0.25, 0.3) is 0 Å². The molecule has 1 aromatic rings. The molecule has 2 aliphatic rings. The highest BCUT2D eigenvalue weighted by Gasteiger charge is 2.46. The minimum Gasteiger partial charge on any atom is -0.316 e. The quantitative estimate of drug-likeness (QED) is 0.790. The number of halogens is 1. The Morgan fingerprint density at radius 2 is 2.16 bits per heavy atom. The van der Waals surface area contributed by atoms with Gasteiger partial charge in [-0.05, 0) is 48.4 Å². The highest BCUT2D eigenvalue weighted by Crippen LogP contribution is 2.54. The van der Waals surface area contributed by atoms with E-state index < -0.39 is 0 Å². The van der Waals surface area contributed by atoms with Crippen molar-refractivity contribution in [3.05, 3.63) is 34.9 Å². The van der Waals surface area contributed by atoms with E-state index in [0.29, 0.717) is 11.3 Å². The molecular weight excluding hydrogens is 254 g/mol. The first-order chi connectivity index (χ1) is 9.22. The number of hydrogen-bond acceptors (Lipinski definition) is 1. The molecule has 2 fully saturated rings. The number of piperidine rings is 1. The molecule has 3 unspecified atom stereocenters. The Labute approximate surface area is 121 Å². The Hall–Kier alpha value is -0.530. The van der Waals surface area contributed by atoms with E-state index in [1.54, 1.807) is 0 Å². The first-order valence-corrected chi connectivity index (χ1v) is 8.06. The summed E-state index contributed by atoms with van der Waals surface area (Å²) in [4.78, 5) is 0. The van der Waals surface area contributed by atoms with Crippen molar-refractivity contribution in [3.63, 3.8) is 0 Å². The van der Waals surface area contributed by atoms with Gasteiger partial charge in [0.2, 0.25) is 0 Å². The molecule has 3 atom stereocenters. The van der Waals surface area contributed by atoms with Gasteiger partial charge in [-0.15, -0.1) is 0 Å². The molecule has 1 saturated heterocycles. The maximum atomic E-state index is 6.21. The van der Waals surface area contributed by atoms with Gasteiger partial charge in [0.1, 0.15) is 0 Å². The van der Waals surface area contributed by atoms with Crippen LogP contribution in [0.2, 0.25) is 5.02 Å². The largest absolute Gasteiger partial charge is 0.316 e. The summed E-state index contributed by atoms with van der Waals surface area (Å²) in [5, 5.41) is 4.48. The van der Waals surface area contributed by atoms with Crippen molar-refractivity contribution >= 4 is 11.6 Å². The third-order valence-corrected chi connectivity index (χ3v) is 5.81. The van der Waals surface area contributed by atoms with Gasteiger partial charge < -0.3 is 5.32 Å². The highest BCUT2D eigenvalue weighted by atomic mass is 35.5. The zero-order chi connectivity index (χ0) is 13.3. The molecule has 19 heavy (non-hydrogen) atoms. The van der Waals surface area contributed by atoms with Gasteiger partial charge in [-0.2, -0.15) is 0 Å². The lowest BCUT2D eigenvalue weighted by atomic mass is 9.56. The van der Waals surface area contributed by atoms with Crippen molar-refractivity contribution < 1.29 is 0 Å². The highest BCUT2D eigenvalue weighted by molar-refractivity contribution is 6.30. The standard InChI is InChI=1S/C17H24ClN/c1-13-5-2-3-8-17(13)9-10-19-12-16(17)14-6-4-7-15(18)11-14/h4,6-7,11,13,16,19H,2-3,5,8-10,12H2,1H3. The van der Waals surface area contributed by atoms with Gasteiger partial charge in [0.25, 0.3) is 0 Å². The average Bonchev–Trinajstić information content (AvgIpc) is 2.43. The molecule has 1 spiro atoms. The van der Waals surface area contributed by atoms with Gasteiger partial charge in [-0.3, -0.25) is 0 Å². The topological polar surface area (TPSA) is 12.0 Å². The zero-order valence-electron chi connectivity index (χ0n) is 11.8. The lowest BCUT2D eigenvalue weighted by molar-refractivity contribution is 0.0420. The summed E-state index contributed by atoms with van der Waals surface area (Å²) >= 11 is 6.21. The summed E-state index contributed by atoms with van der Waals surface area (Å²) in [5.41, 5.74) is 1.95. The van der Waals surface area contributed by atoms with Crippen LogP contribution in [-0.4, -0.2) is 13.1 Å². The fourth-order valence-corrected chi connectivity index (χ4v) is 4.64. The van der Waals surface area contributed by atoms with Crippen molar-refractivity contribution in [2.45, 2.75) is 44.9 Å². The first kappa shape index (κ1) is 13.5. The third-order valence-electron chi connectivity index (χ3n) is 5.57. The van der Waals surface area contributed by atoms with Gasteiger partial charge in [0.05, 0.1) is 0 Å². The summed E-state index contributed by atoms with van der Waals surface area (Å²) in [6.07, 6.45) is 6.94. The summed E-state index contributed by atoms with van der Waals surface area (Å²) in [5.74, 6) is 1.47. The van der Waals surface area contributed by atoms with Crippen LogP contribution >= 0.6 is 11.6 Å². The van der Waals surface area contributed by atoms with E-state index in [2.05, 4.69) is 30.4 Å². The molecule has 1 aliphatic carbocycles. The number of nitrogens with one attached hydrogen (secondary N) is 1. The van der Waals surface area contributed by atoms with Crippen LogP contribution in [0.5, 0.6) is 0 Å². The Bertz CT molecular complexity index is 439. The molecule has 0 amide bonds. The van der Waals surface area contributed by atoms with Crippen LogP contribution in [0.4, 0.5) is 0 Å².